The zero-order valence-electron chi connectivity index (χ0n) is 19.2. The lowest BCUT2D eigenvalue weighted by Crippen LogP contribution is -2.19. The molecule has 0 spiro atoms. The predicted molar refractivity (Wildman–Crippen MR) is 129 cm³/mol. The van der Waals surface area contributed by atoms with Crippen molar-refractivity contribution in [2.75, 3.05) is 37.9 Å². The Kier molecular flexibility index (Phi) is 8.10. The first-order valence-corrected chi connectivity index (χ1v) is 10.5. The number of likely N-dealkylation sites (N-methyl/N-ethyl adjacent to an activating group) is 1. The van der Waals surface area contributed by atoms with Gasteiger partial charge >= 0.3 is 0 Å². The number of carbonyl (C=O) groups excluding carboxylic acids is 1. The molecule has 0 bridgehead atoms. The summed E-state index contributed by atoms with van der Waals surface area (Å²) in [5, 5.41) is 6.00. The van der Waals surface area contributed by atoms with Crippen molar-refractivity contribution < 1.29 is 13.9 Å². The second-order valence-corrected chi connectivity index (χ2v) is 7.99. The number of hydrogen-bond donors (Lipinski definition) is 2. The minimum atomic E-state index is -0.609. The Labute approximate surface area is 193 Å². The second-order valence-electron chi connectivity index (χ2n) is 7.99. The lowest BCUT2D eigenvalue weighted by atomic mass is 10.1. The Morgan fingerprint density at radius 2 is 1.82 bits per heavy atom. The first kappa shape index (κ1) is 23.9. The Hall–Kier alpha value is -3.78. The van der Waals surface area contributed by atoms with E-state index >= 15 is 0 Å². The van der Waals surface area contributed by atoms with E-state index in [0.29, 0.717) is 29.3 Å². The van der Waals surface area contributed by atoms with Crippen LogP contribution in [0.25, 0.3) is 0 Å². The van der Waals surface area contributed by atoms with Crippen LogP contribution in [0.5, 0.6) is 5.75 Å². The Morgan fingerprint density at radius 3 is 2.55 bits per heavy atom. The number of rotatable bonds is 10. The van der Waals surface area contributed by atoms with E-state index in [9.17, 15) is 9.18 Å². The van der Waals surface area contributed by atoms with Gasteiger partial charge in [-0.05, 0) is 58.3 Å². The minimum absolute atomic E-state index is 0.00213. The van der Waals surface area contributed by atoms with Crippen molar-refractivity contribution >= 4 is 28.9 Å². The SMILES string of the molecule is CC(C)=CC(=O)c1cccc(Nc2nc(Nc3cccc(OCCN(C)C)c3)ncc2F)c1. The minimum Gasteiger partial charge on any atom is -0.492 e. The molecule has 0 aliphatic carbocycles. The van der Waals surface area contributed by atoms with Crippen molar-refractivity contribution in [1.29, 1.82) is 0 Å². The number of hydrogen-bond acceptors (Lipinski definition) is 7. The molecule has 2 aromatic carbocycles. The van der Waals surface area contributed by atoms with Gasteiger partial charge in [0, 0.05) is 29.5 Å². The highest BCUT2D eigenvalue weighted by Gasteiger charge is 2.10. The molecule has 1 aromatic heterocycles. The maximum Gasteiger partial charge on any atom is 0.229 e. The van der Waals surface area contributed by atoms with Crippen LogP contribution in [-0.2, 0) is 0 Å². The Morgan fingerprint density at radius 1 is 1.09 bits per heavy atom. The molecule has 33 heavy (non-hydrogen) atoms. The zero-order chi connectivity index (χ0) is 23.8. The summed E-state index contributed by atoms with van der Waals surface area (Å²) < 4.78 is 20.1. The summed E-state index contributed by atoms with van der Waals surface area (Å²) >= 11 is 0. The Bertz CT molecular complexity index is 1140. The highest BCUT2D eigenvalue weighted by Crippen LogP contribution is 2.23. The molecule has 0 saturated carbocycles. The van der Waals surface area contributed by atoms with Gasteiger partial charge in [0.15, 0.2) is 17.4 Å². The first-order valence-electron chi connectivity index (χ1n) is 10.5. The summed E-state index contributed by atoms with van der Waals surface area (Å²) in [6.45, 7) is 5.08. The van der Waals surface area contributed by atoms with Crippen LogP contribution in [0.4, 0.5) is 27.5 Å². The number of aromatic nitrogens is 2. The second kappa shape index (κ2) is 11.2. The molecule has 0 radical (unpaired) electrons. The van der Waals surface area contributed by atoms with Crippen molar-refractivity contribution in [3.05, 3.63) is 77.8 Å². The highest BCUT2D eigenvalue weighted by molar-refractivity contribution is 6.05. The highest BCUT2D eigenvalue weighted by atomic mass is 19.1. The number of anilines is 4. The summed E-state index contributed by atoms with van der Waals surface area (Å²) in [5.74, 6) is 0.207. The molecule has 7 nitrogen and oxygen atoms in total. The van der Waals surface area contributed by atoms with Crippen LogP contribution in [-0.4, -0.2) is 47.9 Å². The molecular weight excluding hydrogens is 421 g/mol. The number of ketones is 1. The van der Waals surface area contributed by atoms with Gasteiger partial charge in [-0.2, -0.15) is 4.98 Å². The number of carbonyl (C=O) groups is 1. The predicted octanol–water partition coefficient (Wildman–Crippen LogP) is 5.19. The molecule has 1 heterocycles. The van der Waals surface area contributed by atoms with Gasteiger partial charge < -0.3 is 20.3 Å². The summed E-state index contributed by atoms with van der Waals surface area (Å²) in [6, 6.07) is 14.2. The maximum absolute atomic E-state index is 14.4. The number of ether oxygens (including phenoxy) is 1. The molecule has 0 aliphatic heterocycles. The molecule has 0 unspecified atom stereocenters. The van der Waals surface area contributed by atoms with Gasteiger partial charge in [-0.25, -0.2) is 9.37 Å². The van der Waals surface area contributed by atoms with Gasteiger partial charge in [0.25, 0.3) is 0 Å². The molecule has 0 amide bonds. The van der Waals surface area contributed by atoms with Gasteiger partial charge in [-0.3, -0.25) is 4.79 Å². The molecule has 0 saturated heterocycles. The van der Waals surface area contributed by atoms with E-state index < -0.39 is 5.82 Å². The smallest absolute Gasteiger partial charge is 0.229 e. The van der Waals surface area contributed by atoms with Crippen LogP contribution in [0.3, 0.4) is 0 Å². The van der Waals surface area contributed by atoms with Gasteiger partial charge in [0.2, 0.25) is 5.95 Å². The van der Waals surface area contributed by atoms with E-state index in [-0.39, 0.29) is 17.5 Å². The first-order chi connectivity index (χ1) is 15.8. The number of benzene rings is 2. The molecule has 2 N–H and O–H groups in total. The van der Waals surface area contributed by atoms with Crippen LogP contribution in [0.15, 0.2) is 66.4 Å². The summed E-state index contributed by atoms with van der Waals surface area (Å²) in [4.78, 5) is 22.6. The topological polar surface area (TPSA) is 79.4 Å². The van der Waals surface area contributed by atoms with E-state index in [1.165, 1.54) is 0 Å². The van der Waals surface area contributed by atoms with E-state index in [4.69, 9.17) is 4.74 Å². The molecule has 0 atom stereocenters. The fourth-order valence-corrected chi connectivity index (χ4v) is 2.89. The zero-order valence-corrected chi connectivity index (χ0v) is 19.2. The third-order valence-electron chi connectivity index (χ3n) is 4.47. The molecule has 3 rings (SSSR count). The maximum atomic E-state index is 14.4. The number of nitrogens with one attached hydrogen (secondary N) is 2. The quantitative estimate of drug-likeness (QED) is 0.326. The number of nitrogens with zero attached hydrogens (tertiary/aromatic N) is 3. The lowest BCUT2D eigenvalue weighted by Gasteiger charge is -2.13. The van der Waals surface area contributed by atoms with Crippen LogP contribution in [0.1, 0.15) is 24.2 Å². The summed E-state index contributed by atoms with van der Waals surface area (Å²) in [6.07, 6.45) is 2.65. The lowest BCUT2D eigenvalue weighted by molar-refractivity contribution is 0.104. The number of halogens is 1. The third kappa shape index (κ3) is 7.40. The van der Waals surface area contributed by atoms with Gasteiger partial charge in [-0.1, -0.05) is 23.8 Å². The fourth-order valence-electron chi connectivity index (χ4n) is 2.89. The van der Waals surface area contributed by atoms with Crippen molar-refractivity contribution in [3.8, 4) is 5.75 Å². The molecule has 172 valence electrons. The average Bonchev–Trinajstić information content (AvgIpc) is 2.76. The summed E-state index contributed by atoms with van der Waals surface area (Å²) in [5.41, 5.74) is 2.66. The average molecular weight is 450 g/mol. The van der Waals surface area contributed by atoms with Crippen molar-refractivity contribution in [2.24, 2.45) is 0 Å². The fraction of sp³-hybridized carbons (Fsp3) is 0.240. The molecule has 3 aromatic rings. The molecule has 8 heteroatoms. The van der Waals surface area contributed by atoms with E-state index in [1.54, 1.807) is 30.3 Å². The van der Waals surface area contributed by atoms with Gasteiger partial charge in [0.1, 0.15) is 12.4 Å². The molecular formula is C25H28FN5O2. The Balaban J connectivity index is 1.73. The van der Waals surface area contributed by atoms with Crippen LogP contribution in [0.2, 0.25) is 0 Å². The summed E-state index contributed by atoms with van der Waals surface area (Å²) in [7, 11) is 3.96. The monoisotopic (exact) mass is 449 g/mol. The van der Waals surface area contributed by atoms with E-state index in [1.807, 2.05) is 57.1 Å². The van der Waals surface area contributed by atoms with Crippen molar-refractivity contribution in [2.45, 2.75) is 13.8 Å². The van der Waals surface area contributed by atoms with Crippen molar-refractivity contribution in [1.82, 2.24) is 14.9 Å². The van der Waals surface area contributed by atoms with E-state index in [2.05, 4.69) is 20.6 Å². The van der Waals surface area contributed by atoms with Crippen LogP contribution >= 0.6 is 0 Å². The largest absolute Gasteiger partial charge is 0.492 e. The normalized spacial score (nSPS) is 10.6. The molecule has 0 aliphatic rings. The van der Waals surface area contributed by atoms with Crippen LogP contribution in [0, 0.1) is 5.82 Å². The van der Waals surface area contributed by atoms with Crippen molar-refractivity contribution in [3.63, 3.8) is 0 Å². The standard InChI is InChI=1S/C25H28FN5O2/c1-17(2)13-23(32)18-7-5-8-19(14-18)28-24-22(26)16-27-25(30-24)29-20-9-6-10-21(15-20)33-12-11-31(3)4/h5-10,13-16H,11-12H2,1-4H3,(H2,27,28,29,30). The third-order valence-corrected chi connectivity index (χ3v) is 4.47. The van der Waals surface area contributed by atoms with Gasteiger partial charge in [0.05, 0.1) is 6.20 Å². The van der Waals surface area contributed by atoms with E-state index in [0.717, 1.165) is 18.3 Å². The van der Waals surface area contributed by atoms with Crippen LogP contribution < -0.4 is 15.4 Å². The molecule has 0 fully saturated rings. The number of allylic oxidation sites excluding steroid dienone is 2. The van der Waals surface area contributed by atoms with Gasteiger partial charge in [-0.15, -0.1) is 0 Å².